The van der Waals surface area contributed by atoms with Crippen LogP contribution in [0.25, 0.3) is 0 Å². The lowest BCUT2D eigenvalue weighted by Crippen LogP contribution is -2.49. The van der Waals surface area contributed by atoms with E-state index in [1.54, 1.807) is 7.05 Å². The van der Waals surface area contributed by atoms with Gasteiger partial charge in [-0.25, -0.2) is 4.79 Å². The molecule has 0 heterocycles. The van der Waals surface area contributed by atoms with E-state index in [4.69, 9.17) is 4.74 Å². The summed E-state index contributed by atoms with van der Waals surface area (Å²) >= 11 is 0. The molecule has 0 aliphatic heterocycles. The van der Waals surface area contributed by atoms with Crippen molar-refractivity contribution in [3.63, 3.8) is 0 Å². The highest BCUT2D eigenvalue weighted by Crippen LogP contribution is 2.11. The van der Waals surface area contributed by atoms with Crippen LogP contribution in [-0.2, 0) is 4.74 Å². The van der Waals surface area contributed by atoms with Gasteiger partial charge in [0.1, 0.15) is 5.60 Å². The van der Waals surface area contributed by atoms with Crippen LogP contribution in [0.3, 0.4) is 0 Å². The number of hydrogen-bond acceptors (Lipinski definition) is 4. The molecule has 3 N–H and O–H groups in total. The molecule has 1 amide bonds. The first-order valence-electron chi connectivity index (χ1n) is 6.48. The van der Waals surface area contributed by atoms with Gasteiger partial charge < -0.3 is 20.5 Å². The average molecular weight is 260 g/mol. The van der Waals surface area contributed by atoms with E-state index in [0.717, 1.165) is 0 Å². The van der Waals surface area contributed by atoms with Crippen LogP contribution in [-0.4, -0.2) is 42.5 Å². The molecule has 108 valence electrons. The first-order chi connectivity index (χ1) is 8.15. The predicted molar refractivity (Wildman–Crippen MR) is 72.5 cm³/mol. The van der Waals surface area contributed by atoms with Gasteiger partial charge in [-0.15, -0.1) is 0 Å². The lowest BCUT2D eigenvalue weighted by molar-refractivity contribution is 0.0406. The molecule has 0 spiro atoms. The van der Waals surface area contributed by atoms with Crippen molar-refractivity contribution in [1.82, 2.24) is 10.6 Å². The van der Waals surface area contributed by atoms with Crippen LogP contribution in [0.5, 0.6) is 0 Å². The van der Waals surface area contributed by atoms with Crippen LogP contribution in [0.1, 0.15) is 41.0 Å². The van der Waals surface area contributed by atoms with Gasteiger partial charge in [-0.2, -0.15) is 0 Å². The van der Waals surface area contributed by atoms with Crippen LogP contribution in [0.4, 0.5) is 4.79 Å². The number of hydrogen-bond donors (Lipinski definition) is 3. The highest BCUT2D eigenvalue weighted by molar-refractivity contribution is 5.68. The lowest BCUT2D eigenvalue weighted by Gasteiger charge is -2.27. The Morgan fingerprint density at radius 2 is 1.89 bits per heavy atom. The Bertz CT molecular complexity index is 249. The van der Waals surface area contributed by atoms with E-state index >= 15 is 0 Å². The zero-order chi connectivity index (χ0) is 14.3. The molecule has 0 aliphatic carbocycles. The largest absolute Gasteiger partial charge is 0.444 e. The minimum atomic E-state index is -0.620. The molecule has 1 unspecified atom stereocenters. The Kier molecular flexibility index (Phi) is 7.25. The molecule has 2 atom stereocenters. The number of nitrogens with one attached hydrogen (secondary N) is 2. The summed E-state index contributed by atoms with van der Waals surface area (Å²) in [5, 5.41) is 15.6. The van der Waals surface area contributed by atoms with Gasteiger partial charge in [0, 0.05) is 6.54 Å². The summed E-state index contributed by atoms with van der Waals surface area (Å²) in [5.41, 5.74) is -0.527. The molecule has 0 aromatic carbocycles. The summed E-state index contributed by atoms with van der Waals surface area (Å²) in [6.07, 6.45) is -0.393. The van der Waals surface area contributed by atoms with Crippen molar-refractivity contribution in [2.75, 3.05) is 13.6 Å². The first-order valence-corrected chi connectivity index (χ1v) is 6.48. The van der Waals surface area contributed by atoms with E-state index in [1.165, 1.54) is 0 Å². The topological polar surface area (TPSA) is 70.6 Å². The molecule has 0 aromatic heterocycles. The standard InChI is InChI=1S/C13H28N2O3/c1-9(2)7-10(11(16)8-14-6)15-12(17)18-13(3,4)5/h9-11,14,16H,7-8H2,1-6H3,(H,15,17)/t10?,11-/m0/s1. The average Bonchev–Trinajstić information content (AvgIpc) is 2.13. The number of likely N-dealkylation sites (N-methyl/N-ethyl adjacent to an activating group) is 1. The smallest absolute Gasteiger partial charge is 0.407 e. The van der Waals surface area contributed by atoms with Crippen molar-refractivity contribution in [1.29, 1.82) is 0 Å². The minimum absolute atomic E-state index is 0.299. The van der Waals surface area contributed by atoms with Gasteiger partial charge in [0.2, 0.25) is 0 Å². The summed E-state index contributed by atoms with van der Waals surface area (Å²) in [6.45, 7) is 9.98. The predicted octanol–water partition coefficient (Wildman–Crippen LogP) is 1.51. The van der Waals surface area contributed by atoms with Gasteiger partial charge in [-0.05, 0) is 40.2 Å². The Balaban J connectivity index is 4.44. The number of alkyl carbamates (subject to hydrolysis) is 1. The Labute approximate surface area is 110 Å². The van der Waals surface area contributed by atoms with E-state index in [1.807, 2.05) is 20.8 Å². The van der Waals surface area contributed by atoms with E-state index in [0.29, 0.717) is 18.9 Å². The molecule has 0 bridgehead atoms. The Morgan fingerprint density at radius 1 is 1.33 bits per heavy atom. The lowest BCUT2D eigenvalue weighted by atomic mass is 9.99. The third-order valence-corrected chi connectivity index (χ3v) is 2.31. The number of carbonyl (C=O) groups is 1. The molecule has 5 heteroatoms. The third kappa shape index (κ3) is 8.31. The molecule has 0 aromatic rings. The molecule has 5 nitrogen and oxygen atoms in total. The quantitative estimate of drug-likeness (QED) is 0.677. The fourth-order valence-electron chi connectivity index (χ4n) is 1.63. The van der Waals surface area contributed by atoms with E-state index in [9.17, 15) is 9.90 Å². The number of aliphatic hydroxyl groups is 1. The highest BCUT2D eigenvalue weighted by atomic mass is 16.6. The molecule has 0 aliphatic rings. The summed E-state index contributed by atoms with van der Waals surface area (Å²) in [6, 6.07) is -0.299. The number of aliphatic hydroxyl groups excluding tert-OH is 1. The first kappa shape index (κ1) is 17.2. The van der Waals surface area contributed by atoms with Crippen molar-refractivity contribution in [3.8, 4) is 0 Å². The second kappa shape index (κ2) is 7.59. The zero-order valence-electron chi connectivity index (χ0n) is 12.4. The summed E-state index contributed by atoms with van der Waals surface area (Å²) < 4.78 is 5.20. The fourth-order valence-corrected chi connectivity index (χ4v) is 1.63. The van der Waals surface area contributed by atoms with E-state index in [-0.39, 0.29) is 6.04 Å². The Morgan fingerprint density at radius 3 is 2.28 bits per heavy atom. The fraction of sp³-hybridized carbons (Fsp3) is 0.923. The van der Waals surface area contributed by atoms with E-state index in [2.05, 4.69) is 24.5 Å². The molecule has 0 saturated heterocycles. The van der Waals surface area contributed by atoms with Crippen molar-refractivity contribution in [3.05, 3.63) is 0 Å². The molecule has 18 heavy (non-hydrogen) atoms. The van der Waals surface area contributed by atoms with Crippen LogP contribution in [0.15, 0.2) is 0 Å². The maximum absolute atomic E-state index is 11.7. The summed E-state index contributed by atoms with van der Waals surface area (Å²) in [5.74, 6) is 0.386. The Hall–Kier alpha value is -0.810. The van der Waals surface area contributed by atoms with Crippen LogP contribution in [0, 0.1) is 5.92 Å². The van der Waals surface area contributed by atoms with Crippen LogP contribution in [0.2, 0.25) is 0 Å². The number of rotatable bonds is 6. The maximum Gasteiger partial charge on any atom is 0.407 e. The molecule has 0 radical (unpaired) electrons. The molecule has 0 rings (SSSR count). The van der Waals surface area contributed by atoms with Crippen molar-refractivity contribution in [2.24, 2.45) is 5.92 Å². The van der Waals surface area contributed by atoms with Gasteiger partial charge in [0.25, 0.3) is 0 Å². The van der Waals surface area contributed by atoms with Crippen LogP contribution >= 0.6 is 0 Å². The minimum Gasteiger partial charge on any atom is -0.444 e. The van der Waals surface area contributed by atoms with Gasteiger partial charge in [-0.3, -0.25) is 0 Å². The third-order valence-electron chi connectivity index (χ3n) is 2.31. The second-order valence-corrected chi connectivity index (χ2v) is 6.01. The molecular weight excluding hydrogens is 232 g/mol. The summed E-state index contributed by atoms with van der Waals surface area (Å²) in [4.78, 5) is 11.7. The van der Waals surface area contributed by atoms with E-state index < -0.39 is 17.8 Å². The number of amides is 1. The number of carbonyl (C=O) groups excluding carboxylic acids is 1. The van der Waals surface area contributed by atoms with Gasteiger partial charge in [0.15, 0.2) is 0 Å². The van der Waals surface area contributed by atoms with Crippen molar-refractivity contribution >= 4 is 6.09 Å². The van der Waals surface area contributed by atoms with Gasteiger partial charge in [-0.1, -0.05) is 13.8 Å². The monoisotopic (exact) mass is 260 g/mol. The molecule has 0 fully saturated rings. The zero-order valence-corrected chi connectivity index (χ0v) is 12.4. The molecule has 0 saturated carbocycles. The highest BCUT2D eigenvalue weighted by Gasteiger charge is 2.24. The number of ether oxygens (including phenoxy) is 1. The van der Waals surface area contributed by atoms with Crippen molar-refractivity contribution in [2.45, 2.75) is 58.8 Å². The van der Waals surface area contributed by atoms with Gasteiger partial charge in [0.05, 0.1) is 12.1 Å². The second-order valence-electron chi connectivity index (χ2n) is 6.01. The molecular formula is C13H28N2O3. The van der Waals surface area contributed by atoms with Crippen molar-refractivity contribution < 1.29 is 14.6 Å². The van der Waals surface area contributed by atoms with Gasteiger partial charge >= 0.3 is 6.09 Å². The maximum atomic E-state index is 11.7. The SMILES string of the molecule is CNC[C@H](O)C(CC(C)C)NC(=O)OC(C)(C)C. The van der Waals surface area contributed by atoms with Crippen LogP contribution < -0.4 is 10.6 Å². The summed E-state index contributed by atoms with van der Waals surface area (Å²) in [7, 11) is 1.77. The normalized spacial score (nSPS) is 15.3.